The van der Waals surface area contributed by atoms with E-state index in [9.17, 15) is 4.79 Å². The molecule has 0 atom stereocenters. The van der Waals surface area contributed by atoms with Gasteiger partial charge in [0, 0.05) is 32.7 Å². The number of rotatable bonds is 2. The summed E-state index contributed by atoms with van der Waals surface area (Å²) in [5.41, 5.74) is 3.77. The second-order valence-electron chi connectivity index (χ2n) is 8.26. The molecule has 0 heterocycles. The molecule has 0 spiro atoms. The summed E-state index contributed by atoms with van der Waals surface area (Å²) in [6, 6.07) is 34.1. The van der Waals surface area contributed by atoms with Crippen molar-refractivity contribution in [2.75, 3.05) is 0 Å². The normalized spacial score (nSPS) is 11.2. The molecule has 2 heteroatoms. The Balaban J connectivity index is 0.00000216. The van der Waals surface area contributed by atoms with E-state index in [-0.39, 0.29) is 32.7 Å². The van der Waals surface area contributed by atoms with Gasteiger partial charge < -0.3 is 4.79 Å². The summed E-state index contributed by atoms with van der Waals surface area (Å²) in [4.78, 5) is 11.9. The minimum atomic E-state index is 0. The molecule has 0 saturated carbocycles. The second kappa shape index (κ2) is 8.24. The van der Waals surface area contributed by atoms with E-state index in [0.29, 0.717) is 5.56 Å². The zero-order valence-corrected chi connectivity index (χ0v) is 20.6. The fourth-order valence-electron chi connectivity index (χ4n) is 4.70. The Morgan fingerprint density at radius 2 is 0.906 bits per heavy atom. The molecule has 0 N–H and O–H groups in total. The summed E-state index contributed by atoms with van der Waals surface area (Å²) >= 11 is 0. The van der Waals surface area contributed by atoms with Gasteiger partial charge in [-0.25, -0.2) is 0 Å². The van der Waals surface area contributed by atoms with Crippen LogP contribution in [0.25, 0.3) is 54.2 Å². The second-order valence-corrected chi connectivity index (χ2v) is 8.26. The van der Waals surface area contributed by atoms with Gasteiger partial charge in [0.15, 0.2) is 0 Å². The van der Waals surface area contributed by atoms with E-state index in [1.165, 1.54) is 32.3 Å². The van der Waals surface area contributed by atoms with E-state index in [2.05, 4.69) is 98.1 Å². The predicted octanol–water partition coefficient (Wildman–Crippen LogP) is 7.73. The predicted molar refractivity (Wildman–Crippen MR) is 131 cm³/mol. The van der Waals surface area contributed by atoms with Gasteiger partial charge in [-0.2, -0.15) is 6.07 Å². The maximum atomic E-state index is 11.9. The maximum Gasteiger partial charge on any atom is 0.0633 e. The molecule has 6 aromatic rings. The third kappa shape index (κ3) is 3.46. The first kappa shape index (κ1) is 21.0. The Hall–Kier alpha value is -2.87. The van der Waals surface area contributed by atoms with E-state index in [0.717, 1.165) is 27.5 Å². The van der Waals surface area contributed by atoms with E-state index >= 15 is 0 Å². The quantitative estimate of drug-likeness (QED) is 0.182. The van der Waals surface area contributed by atoms with Gasteiger partial charge in [-0.1, -0.05) is 83.2 Å². The van der Waals surface area contributed by atoms with E-state index in [1.807, 2.05) is 12.1 Å². The molecule has 0 fully saturated rings. The molecule has 0 aliphatic heterocycles. The van der Waals surface area contributed by atoms with Crippen LogP contribution in [0.5, 0.6) is 0 Å². The fourth-order valence-corrected chi connectivity index (χ4v) is 4.70. The van der Waals surface area contributed by atoms with Crippen molar-refractivity contribution in [3.05, 3.63) is 108 Å². The first-order chi connectivity index (χ1) is 15.2. The van der Waals surface area contributed by atoms with Crippen LogP contribution < -0.4 is 0 Å². The minimum Gasteiger partial charge on any atom is -0.376 e. The molecular weight excluding hydrogens is 465 g/mol. The standard InChI is InChI=1S/C30H19O.Y/c1-19-10-24-11-20-6-2-4-8-22(20)13-26(24)16-29(19)30-17-27-14-23-9-5-3-7-21(23)12-25(27)15-28(30)18-31;/h2-17H,1H3;/q-1;. The third-order valence-corrected chi connectivity index (χ3v) is 6.29. The minimum absolute atomic E-state index is 0. The van der Waals surface area contributed by atoms with Gasteiger partial charge in [-0.15, -0.1) is 17.2 Å². The number of hydrogen-bond donors (Lipinski definition) is 0. The molecule has 0 aromatic heterocycles. The average molecular weight is 484 g/mol. The van der Waals surface area contributed by atoms with Crippen molar-refractivity contribution in [2.24, 2.45) is 0 Å². The summed E-state index contributed by atoms with van der Waals surface area (Å²) in [6.07, 6.45) is 2.19. The molecule has 0 unspecified atom stereocenters. The Morgan fingerprint density at radius 1 is 0.500 bits per heavy atom. The van der Waals surface area contributed by atoms with Gasteiger partial charge >= 0.3 is 0 Å². The Morgan fingerprint density at radius 3 is 1.38 bits per heavy atom. The molecule has 0 amide bonds. The monoisotopic (exact) mass is 484 g/mol. The van der Waals surface area contributed by atoms with Crippen molar-refractivity contribution in [1.82, 2.24) is 0 Å². The first-order valence-electron chi connectivity index (χ1n) is 10.5. The van der Waals surface area contributed by atoms with Crippen LogP contribution in [0.2, 0.25) is 0 Å². The average Bonchev–Trinajstić information content (AvgIpc) is 2.80. The number of benzene rings is 6. The summed E-state index contributed by atoms with van der Waals surface area (Å²) in [5, 5.41) is 9.41. The van der Waals surface area contributed by atoms with Gasteiger partial charge in [0.2, 0.25) is 0 Å². The van der Waals surface area contributed by atoms with Crippen LogP contribution in [0.1, 0.15) is 11.1 Å². The van der Waals surface area contributed by atoms with E-state index < -0.39 is 0 Å². The third-order valence-electron chi connectivity index (χ3n) is 6.29. The Labute approximate surface area is 211 Å². The maximum absolute atomic E-state index is 11.9. The largest absolute Gasteiger partial charge is 0.376 e. The van der Waals surface area contributed by atoms with E-state index in [1.54, 1.807) is 0 Å². The van der Waals surface area contributed by atoms with Gasteiger partial charge in [0.25, 0.3) is 0 Å². The van der Waals surface area contributed by atoms with Crippen molar-refractivity contribution in [1.29, 1.82) is 0 Å². The summed E-state index contributed by atoms with van der Waals surface area (Å²) in [7, 11) is 0. The van der Waals surface area contributed by atoms with Crippen molar-refractivity contribution in [3.63, 3.8) is 0 Å². The van der Waals surface area contributed by atoms with Gasteiger partial charge in [0.1, 0.15) is 0 Å². The molecule has 0 bridgehead atoms. The van der Waals surface area contributed by atoms with Crippen LogP contribution in [0.4, 0.5) is 0 Å². The molecule has 149 valence electrons. The van der Waals surface area contributed by atoms with Crippen LogP contribution in [0.15, 0.2) is 97.1 Å². The van der Waals surface area contributed by atoms with Gasteiger partial charge in [-0.3, -0.25) is 0 Å². The van der Waals surface area contributed by atoms with E-state index in [4.69, 9.17) is 0 Å². The zero-order valence-electron chi connectivity index (χ0n) is 17.7. The van der Waals surface area contributed by atoms with Crippen LogP contribution >= 0.6 is 0 Å². The Kier molecular flexibility index (Phi) is 5.41. The summed E-state index contributed by atoms with van der Waals surface area (Å²) < 4.78 is 0. The number of aryl methyl sites for hydroxylation is 1. The molecule has 6 rings (SSSR count). The van der Waals surface area contributed by atoms with Crippen molar-refractivity contribution < 1.29 is 37.5 Å². The summed E-state index contributed by atoms with van der Waals surface area (Å²) in [5.74, 6) is 0. The van der Waals surface area contributed by atoms with Crippen LogP contribution in [-0.2, 0) is 37.5 Å². The Bertz CT molecular complexity index is 1660. The molecule has 0 aliphatic carbocycles. The van der Waals surface area contributed by atoms with Gasteiger partial charge in [0.05, 0.1) is 6.29 Å². The molecule has 1 radical (unpaired) electrons. The van der Waals surface area contributed by atoms with Gasteiger partial charge in [-0.05, 0) is 62.8 Å². The van der Waals surface area contributed by atoms with Crippen LogP contribution in [0.3, 0.4) is 0 Å². The zero-order chi connectivity index (χ0) is 20.9. The number of carbonyl (C=O) groups excluding carboxylic acids is 1. The molecular formula is C30H19OY-. The topological polar surface area (TPSA) is 17.1 Å². The molecule has 0 saturated heterocycles. The number of hydrogen-bond acceptors (Lipinski definition) is 1. The fraction of sp³-hybridized carbons (Fsp3) is 0.0333. The summed E-state index contributed by atoms with van der Waals surface area (Å²) in [6.45, 7) is 2.11. The molecule has 6 aromatic carbocycles. The van der Waals surface area contributed by atoms with Crippen LogP contribution in [0, 0.1) is 6.92 Å². The SMILES string of the molecule is Cc1cc2cc3ccccc3cc2cc1-c1cc2cc3ccccc3cc2cc1[C-]=O.[Y]. The first-order valence-corrected chi connectivity index (χ1v) is 10.5. The smallest absolute Gasteiger partial charge is 0.0633 e. The van der Waals surface area contributed by atoms with Crippen molar-refractivity contribution in [3.8, 4) is 11.1 Å². The molecule has 32 heavy (non-hydrogen) atoms. The number of fused-ring (bicyclic) bond motifs is 4. The van der Waals surface area contributed by atoms with Crippen LogP contribution in [-0.4, -0.2) is 6.29 Å². The van der Waals surface area contributed by atoms with Crippen molar-refractivity contribution >= 4 is 49.4 Å². The van der Waals surface area contributed by atoms with Crippen molar-refractivity contribution in [2.45, 2.75) is 6.92 Å². The molecule has 1 nitrogen and oxygen atoms in total. The molecule has 0 aliphatic rings.